The number of nitrogens with zero attached hydrogens (tertiary/aromatic N) is 2. The molecule has 0 aromatic heterocycles. The van der Waals surface area contributed by atoms with Gasteiger partial charge in [-0.05, 0) is 32.6 Å². The molecule has 0 aliphatic rings. The van der Waals surface area contributed by atoms with Gasteiger partial charge in [-0.25, -0.2) is 0 Å². The molecule has 7 heteroatoms. The van der Waals surface area contributed by atoms with Crippen LogP contribution in [0.15, 0.2) is 29.3 Å². The molecule has 0 saturated heterocycles. The summed E-state index contributed by atoms with van der Waals surface area (Å²) in [5.74, 6) is 1.64. The molecule has 1 aromatic carbocycles. The number of methoxy groups -OCH3 is 1. The van der Waals surface area contributed by atoms with Crippen LogP contribution in [0.1, 0.15) is 20.3 Å². The number of guanidine groups is 1. The summed E-state index contributed by atoms with van der Waals surface area (Å²) in [5, 5.41) is 6.59. The van der Waals surface area contributed by atoms with E-state index in [-0.39, 0.29) is 24.0 Å². The first-order chi connectivity index (χ1) is 11.7. The lowest BCUT2D eigenvalue weighted by Crippen LogP contribution is -2.31. The van der Waals surface area contributed by atoms with Crippen LogP contribution in [-0.2, 0) is 4.74 Å². The highest BCUT2D eigenvalue weighted by molar-refractivity contribution is 14.0. The second kappa shape index (κ2) is 15.2. The molecule has 0 saturated carbocycles. The van der Waals surface area contributed by atoms with Gasteiger partial charge in [0, 0.05) is 45.0 Å². The Morgan fingerprint density at radius 2 is 2.04 bits per heavy atom. The molecule has 0 aliphatic heterocycles. The summed E-state index contributed by atoms with van der Waals surface area (Å²) in [4.78, 5) is 6.85. The first-order valence-electron chi connectivity index (χ1n) is 8.65. The fourth-order valence-electron chi connectivity index (χ4n) is 1.99. The molecule has 0 spiro atoms. The minimum atomic E-state index is 0. The summed E-state index contributed by atoms with van der Waals surface area (Å²) >= 11 is 0. The van der Waals surface area contributed by atoms with Gasteiger partial charge in [0.2, 0.25) is 0 Å². The third-order valence-corrected chi connectivity index (χ3v) is 3.49. The third kappa shape index (κ3) is 11.2. The van der Waals surface area contributed by atoms with Crippen molar-refractivity contribution in [2.24, 2.45) is 4.99 Å². The van der Waals surface area contributed by atoms with Crippen LogP contribution in [0.5, 0.6) is 5.75 Å². The van der Waals surface area contributed by atoms with Gasteiger partial charge in [0.25, 0.3) is 0 Å². The highest BCUT2D eigenvalue weighted by Gasteiger charge is 2.02. The van der Waals surface area contributed by atoms with Gasteiger partial charge in [0.05, 0.1) is 13.2 Å². The molecule has 6 nitrogen and oxygen atoms in total. The van der Waals surface area contributed by atoms with Crippen LogP contribution < -0.4 is 15.4 Å². The van der Waals surface area contributed by atoms with E-state index in [2.05, 4.69) is 41.4 Å². The zero-order chi connectivity index (χ0) is 17.6. The summed E-state index contributed by atoms with van der Waals surface area (Å²) in [7, 11) is 3.80. The molecule has 0 aliphatic carbocycles. The van der Waals surface area contributed by atoms with Gasteiger partial charge in [-0.3, -0.25) is 4.99 Å². The molecule has 0 atom stereocenters. The number of rotatable bonds is 11. The predicted molar refractivity (Wildman–Crippen MR) is 117 cm³/mol. The molecule has 1 aromatic rings. The molecule has 0 unspecified atom stereocenters. The van der Waals surface area contributed by atoms with Crippen LogP contribution in [0.25, 0.3) is 0 Å². The van der Waals surface area contributed by atoms with Crippen molar-refractivity contribution in [2.75, 3.05) is 58.9 Å². The van der Waals surface area contributed by atoms with Crippen molar-refractivity contribution in [1.29, 1.82) is 0 Å². The van der Waals surface area contributed by atoms with Gasteiger partial charge in [0.1, 0.15) is 5.75 Å². The monoisotopic (exact) mass is 464 g/mol. The number of aliphatic imine (C=N–C) groups is 1. The zero-order valence-corrected chi connectivity index (χ0v) is 18.2. The molecule has 1 rings (SSSR count). The number of hydrogen-bond donors (Lipinski definition) is 2. The number of hydrogen-bond acceptors (Lipinski definition) is 4. The normalized spacial score (nSPS) is 11.2. The van der Waals surface area contributed by atoms with E-state index in [0.29, 0.717) is 13.2 Å². The SMILES string of the molecule is CCNC(=NCCN(C)CC)Nc1cccc(OCCCOC)c1.I. The quantitative estimate of drug-likeness (QED) is 0.228. The molecule has 144 valence electrons. The zero-order valence-electron chi connectivity index (χ0n) is 15.9. The van der Waals surface area contributed by atoms with Crippen LogP contribution >= 0.6 is 24.0 Å². The lowest BCUT2D eigenvalue weighted by atomic mass is 10.3. The molecule has 25 heavy (non-hydrogen) atoms. The number of likely N-dealkylation sites (N-methyl/N-ethyl adjacent to an activating group) is 1. The Hall–Kier alpha value is -1.06. The Kier molecular flexibility index (Phi) is 14.6. The van der Waals surface area contributed by atoms with Crippen molar-refractivity contribution < 1.29 is 9.47 Å². The molecule has 0 radical (unpaired) electrons. The molecule has 0 bridgehead atoms. The van der Waals surface area contributed by atoms with E-state index in [4.69, 9.17) is 9.47 Å². The minimum absolute atomic E-state index is 0. The Morgan fingerprint density at radius 3 is 2.72 bits per heavy atom. The topological polar surface area (TPSA) is 58.1 Å². The summed E-state index contributed by atoms with van der Waals surface area (Å²) < 4.78 is 10.8. The fourth-order valence-corrected chi connectivity index (χ4v) is 1.99. The largest absolute Gasteiger partial charge is 0.493 e. The highest BCUT2D eigenvalue weighted by atomic mass is 127. The van der Waals surface area contributed by atoms with Crippen molar-refractivity contribution in [3.05, 3.63) is 24.3 Å². The lowest BCUT2D eigenvalue weighted by molar-refractivity contribution is 0.172. The Labute approximate surface area is 169 Å². The molecule has 2 N–H and O–H groups in total. The van der Waals surface area contributed by atoms with Crippen molar-refractivity contribution >= 4 is 35.6 Å². The molecule has 0 fully saturated rings. The lowest BCUT2D eigenvalue weighted by Gasteiger charge is -2.15. The van der Waals surface area contributed by atoms with Gasteiger partial charge in [0.15, 0.2) is 5.96 Å². The number of ether oxygens (including phenoxy) is 2. The van der Waals surface area contributed by atoms with Gasteiger partial charge in [-0.1, -0.05) is 13.0 Å². The summed E-state index contributed by atoms with van der Waals surface area (Å²) in [6, 6.07) is 7.92. The average molecular weight is 464 g/mol. The van der Waals surface area contributed by atoms with Crippen molar-refractivity contribution in [1.82, 2.24) is 10.2 Å². The fraction of sp³-hybridized carbons (Fsp3) is 0.611. The maximum atomic E-state index is 5.73. The minimum Gasteiger partial charge on any atom is -0.493 e. The summed E-state index contributed by atoms with van der Waals surface area (Å²) in [6.45, 7) is 9.11. The van der Waals surface area contributed by atoms with Crippen LogP contribution in [-0.4, -0.2) is 64.4 Å². The average Bonchev–Trinajstić information content (AvgIpc) is 2.59. The highest BCUT2D eigenvalue weighted by Crippen LogP contribution is 2.17. The van der Waals surface area contributed by atoms with E-state index in [0.717, 1.165) is 50.0 Å². The van der Waals surface area contributed by atoms with Gasteiger partial charge < -0.3 is 25.0 Å². The second-order valence-corrected chi connectivity index (χ2v) is 5.50. The van der Waals surface area contributed by atoms with E-state index in [1.807, 2.05) is 24.3 Å². The maximum Gasteiger partial charge on any atom is 0.195 e. The maximum absolute atomic E-state index is 5.73. The molecule has 0 heterocycles. The predicted octanol–water partition coefficient (Wildman–Crippen LogP) is 3.05. The summed E-state index contributed by atoms with van der Waals surface area (Å²) in [5.41, 5.74) is 0.961. The summed E-state index contributed by atoms with van der Waals surface area (Å²) in [6.07, 6.45) is 0.878. The first-order valence-corrected chi connectivity index (χ1v) is 8.65. The van der Waals surface area contributed by atoms with Crippen LogP contribution in [0, 0.1) is 0 Å². The first kappa shape index (κ1) is 23.9. The Bertz CT molecular complexity index is 486. The van der Waals surface area contributed by atoms with Crippen molar-refractivity contribution in [2.45, 2.75) is 20.3 Å². The van der Waals surface area contributed by atoms with E-state index in [9.17, 15) is 0 Å². The van der Waals surface area contributed by atoms with Crippen LogP contribution in [0.3, 0.4) is 0 Å². The number of nitrogens with one attached hydrogen (secondary N) is 2. The number of benzene rings is 1. The van der Waals surface area contributed by atoms with Gasteiger partial charge >= 0.3 is 0 Å². The Morgan fingerprint density at radius 1 is 1.24 bits per heavy atom. The number of halogens is 1. The van der Waals surface area contributed by atoms with Crippen LogP contribution in [0.2, 0.25) is 0 Å². The van der Waals surface area contributed by atoms with Gasteiger partial charge in [-0.2, -0.15) is 0 Å². The van der Waals surface area contributed by atoms with E-state index in [1.54, 1.807) is 7.11 Å². The van der Waals surface area contributed by atoms with Crippen molar-refractivity contribution in [3.63, 3.8) is 0 Å². The molecular weight excluding hydrogens is 431 g/mol. The Balaban J connectivity index is 0.00000576. The van der Waals surface area contributed by atoms with Crippen LogP contribution in [0.4, 0.5) is 5.69 Å². The van der Waals surface area contributed by atoms with Crippen molar-refractivity contribution in [3.8, 4) is 5.75 Å². The van der Waals surface area contributed by atoms with Gasteiger partial charge in [-0.15, -0.1) is 24.0 Å². The molecule has 0 amide bonds. The standard InChI is InChI=1S/C18H32N4O2.HI/c1-5-19-18(20-11-12-22(3)6-2)21-16-9-7-10-17(15-16)24-14-8-13-23-4;/h7,9-10,15H,5-6,8,11-14H2,1-4H3,(H2,19,20,21);1H. The second-order valence-electron chi connectivity index (χ2n) is 5.50. The van der Waals surface area contributed by atoms with E-state index >= 15 is 0 Å². The van der Waals surface area contributed by atoms with E-state index < -0.39 is 0 Å². The third-order valence-electron chi connectivity index (χ3n) is 3.49. The van der Waals surface area contributed by atoms with E-state index in [1.165, 1.54) is 0 Å². The number of anilines is 1. The molecular formula is C18H33IN4O2. The smallest absolute Gasteiger partial charge is 0.195 e.